The lowest BCUT2D eigenvalue weighted by atomic mass is 10.2. The zero-order chi connectivity index (χ0) is 17.1. The molecule has 1 N–H and O–H groups in total. The summed E-state index contributed by atoms with van der Waals surface area (Å²) in [6.07, 6.45) is 0. The SMILES string of the molecule is CC(C)COc1ccc(Nc2cc3cc(Br)ccc3oc2=O)cc1. The Balaban J connectivity index is 1.81. The Morgan fingerprint density at radius 3 is 2.58 bits per heavy atom. The number of hydrogen-bond donors (Lipinski definition) is 1. The molecule has 2 aromatic carbocycles. The molecule has 0 bridgehead atoms. The quantitative estimate of drug-likeness (QED) is 0.600. The molecule has 24 heavy (non-hydrogen) atoms. The van der Waals surface area contributed by atoms with Gasteiger partial charge in [0.15, 0.2) is 0 Å². The summed E-state index contributed by atoms with van der Waals surface area (Å²) in [5.41, 5.74) is 1.36. The first kappa shape index (κ1) is 16.6. The van der Waals surface area contributed by atoms with E-state index in [1.807, 2.05) is 36.4 Å². The van der Waals surface area contributed by atoms with Gasteiger partial charge in [-0.2, -0.15) is 0 Å². The summed E-state index contributed by atoms with van der Waals surface area (Å²) in [6.45, 7) is 4.89. The fourth-order valence-electron chi connectivity index (χ4n) is 2.23. The normalized spacial score (nSPS) is 11.0. The van der Waals surface area contributed by atoms with Gasteiger partial charge in [0.1, 0.15) is 17.0 Å². The van der Waals surface area contributed by atoms with Crippen molar-refractivity contribution in [2.75, 3.05) is 11.9 Å². The van der Waals surface area contributed by atoms with Gasteiger partial charge in [0.05, 0.1) is 6.61 Å². The molecule has 0 saturated carbocycles. The maximum Gasteiger partial charge on any atom is 0.360 e. The van der Waals surface area contributed by atoms with Crippen LogP contribution in [-0.2, 0) is 0 Å². The van der Waals surface area contributed by atoms with Crippen LogP contribution >= 0.6 is 15.9 Å². The molecule has 0 aliphatic heterocycles. The van der Waals surface area contributed by atoms with Crippen molar-refractivity contribution in [3.8, 4) is 5.75 Å². The number of halogens is 1. The molecule has 4 nitrogen and oxygen atoms in total. The van der Waals surface area contributed by atoms with Gasteiger partial charge in [-0.1, -0.05) is 29.8 Å². The van der Waals surface area contributed by atoms with Gasteiger partial charge in [-0.15, -0.1) is 0 Å². The molecule has 0 spiro atoms. The van der Waals surface area contributed by atoms with Crippen molar-refractivity contribution in [2.45, 2.75) is 13.8 Å². The lowest BCUT2D eigenvalue weighted by Crippen LogP contribution is -2.07. The molecule has 0 radical (unpaired) electrons. The van der Waals surface area contributed by atoms with Crippen LogP contribution < -0.4 is 15.7 Å². The molecule has 0 aliphatic rings. The van der Waals surface area contributed by atoms with Gasteiger partial charge in [-0.3, -0.25) is 0 Å². The number of benzene rings is 2. The molecule has 1 aromatic heterocycles. The van der Waals surface area contributed by atoms with E-state index >= 15 is 0 Å². The van der Waals surface area contributed by atoms with Crippen molar-refractivity contribution >= 4 is 38.3 Å². The summed E-state index contributed by atoms with van der Waals surface area (Å²) in [5, 5.41) is 3.95. The minimum atomic E-state index is -0.398. The van der Waals surface area contributed by atoms with Gasteiger partial charge in [-0.05, 0) is 54.4 Å². The molecule has 3 aromatic rings. The summed E-state index contributed by atoms with van der Waals surface area (Å²) in [5.74, 6) is 1.29. The fraction of sp³-hybridized carbons (Fsp3) is 0.211. The van der Waals surface area contributed by atoms with E-state index in [9.17, 15) is 4.79 Å². The number of hydrogen-bond acceptors (Lipinski definition) is 4. The number of anilines is 2. The molecular formula is C19H18BrNO3. The number of rotatable bonds is 5. The highest BCUT2D eigenvalue weighted by Crippen LogP contribution is 2.23. The van der Waals surface area contributed by atoms with E-state index in [4.69, 9.17) is 9.15 Å². The van der Waals surface area contributed by atoms with Crippen molar-refractivity contribution < 1.29 is 9.15 Å². The van der Waals surface area contributed by atoms with Gasteiger partial charge in [0.25, 0.3) is 0 Å². The summed E-state index contributed by atoms with van der Waals surface area (Å²) in [6, 6.07) is 14.8. The Morgan fingerprint density at radius 1 is 1.12 bits per heavy atom. The first-order chi connectivity index (χ1) is 11.5. The second-order valence-corrected chi connectivity index (χ2v) is 6.90. The predicted molar refractivity (Wildman–Crippen MR) is 100 cm³/mol. The molecule has 5 heteroatoms. The van der Waals surface area contributed by atoms with Crippen LogP contribution in [0.15, 0.2) is 62.2 Å². The molecule has 0 unspecified atom stereocenters. The maximum absolute atomic E-state index is 12.1. The van der Waals surface area contributed by atoms with E-state index in [1.165, 1.54) is 0 Å². The van der Waals surface area contributed by atoms with E-state index in [2.05, 4.69) is 35.1 Å². The average Bonchev–Trinajstić information content (AvgIpc) is 2.55. The van der Waals surface area contributed by atoms with E-state index < -0.39 is 5.63 Å². The van der Waals surface area contributed by atoms with Crippen molar-refractivity contribution in [3.05, 3.63) is 63.4 Å². The van der Waals surface area contributed by atoms with Gasteiger partial charge in [0, 0.05) is 15.5 Å². The topological polar surface area (TPSA) is 51.5 Å². The standard InChI is InChI=1S/C19H18BrNO3/c1-12(2)11-23-16-6-4-15(5-7-16)21-17-10-13-9-14(20)3-8-18(13)24-19(17)22/h3-10,12,21H,11H2,1-2H3. The zero-order valence-electron chi connectivity index (χ0n) is 13.5. The summed E-state index contributed by atoms with van der Waals surface area (Å²) in [4.78, 5) is 12.1. The van der Waals surface area contributed by atoms with Crippen LogP contribution in [0.4, 0.5) is 11.4 Å². The highest BCUT2D eigenvalue weighted by atomic mass is 79.9. The van der Waals surface area contributed by atoms with Gasteiger partial charge >= 0.3 is 5.63 Å². The van der Waals surface area contributed by atoms with Gasteiger partial charge in [-0.25, -0.2) is 4.79 Å². The summed E-state index contributed by atoms with van der Waals surface area (Å²) >= 11 is 3.42. The van der Waals surface area contributed by atoms with Crippen molar-refractivity contribution in [3.63, 3.8) is 0 Å². The van der Waals surface area contributed by atoms with Crippen LogP contribution in [0.25, 0.3) is 11.0 Å². The first-order valence-corrected chi connectivity index (χ1v) is 8.54. The molecule has 0 fully saturated rings. The molecule has 1 heterocycles. The predicted octanol–water partition coefficient (Wildman–Crippen LogP) is 5.33. The highest BCUT2D eigenvalue weighted by Gasteiger charge is 2.06. The summed E-state index contributed by atoms with van der Waals surface area (Å²) in [7, 11) is 0. The minimum absolute atomic E-state index is 0.398. The third-order valence-corrected chi connectivity index (χ3v) is 3.90. The number of nitrogens with one attached hydrogen (secondary N) is 1. The Morgan fingerprint density at radius 2 is 1.88 bits per heavy atom. The molecule has 3 rings (SSSR count). The molecule has 0 aliphatic carbocycles. The third kappa shape index (κ3) is 3.97. The molecule has 0 saturated heterocycles. The Kier molecular flexibility index (Phi) is 4.90. The van der Waals surface area contributed by atoms with E-state index in [0.717, 1.165) is 21.3 Å². The smallest absolute Gasteiger partial charge is 0.360 e. The molecule has 0 atom stereocenters. The zero-order valence-corrected chi connectivity index (χ0v) is 15.1. The van der Waals surface area contributed by atoms with Crippen molar-refractivity contribution in [1.82, 2.24) is 0 Å². The Labute approximate surface area is 148 Å². The lowest BCUT2D eigenvalue weighted by Gasteiger charge is -2.10. The summed E-state index contributed by atoms with van der Waals surface area (Å²) < 4.78 is 11.9. The average molecular weight is 388 g/mol. The van der Waals surface area contributed by atoms with Crippen LogP contribution in [0.5, 0.6) is 5.75 Å². The van der Waals surface area contributed by atoms with E-state index in [0.29, 0.717) is 23.8 Å². The highest BCUT2D eigenvalue weighted by molar-refractivity contribution is 9.10. The largest absolute Gasteiger partial charge is 0.493 e. The minimum Gasteiger partial charge on any atom is -0.493 e. The second-order valence-electron chi connectivity index (χ2n) is 5.98. The third-order valence-electron chi connectivity index (χ3n) is 3.41. The van der Waals surface area contributed by atoms with Crippen LogP contribution in [0.2, 0.25) is 0 Å². The maximum atomic E-state index is 12.1. The molecule has 124 valence electrons. The van der Waals surface area contributed by atoms with E-state index in [-0.39, 0.29) is 0 Å². The Bertz CT molecular complexity index is 901. The Hall–Kier alpha value is -2.27. The first-order valence-electron chi connectivity index (χ1n) is 7.74. The van der Waals surface area contributed by atoms with Crippen molar-refractivity contribution in [1.29, 1.82) is 0 Å². The van der Waals surface area contributed by atoms with Crippen LogP contribution in [0.3, 0.4) is 0 Å². The molecular weight excluding hydrogens is 370 g/mol. The molecule has 0 amide bonds. The number of ether oxygens (including phenoxy) is 1. The van der Waals surface area contributed by atoms with Crippen LogP contribution in [0, 0.1) is 5.92 Å². The fourth-order valence-corrected chi connectivity index (χ4v) is 2.61. The van der Waals surface area contributed by atoms with Crippen molar-refractivity contribution in [2.24, 2.45) is 5.92 Å². The second kappa shape index (κ2) is 7.09. The monoisotopic (exact) mass is 387 g/mol. The van der Waals surface area contributed by atoms with E-state index in [1.54, 1.807) is 12.1 Å². The van der Waals surface area contributed by atoms with Gasteiger partial charge in [0.2, 0.25) is 0 Å². The van der Waals surface area contributed by atoms with Crippen LogP contribution in [0.1, 0.15) is 13.8 Å². The lowest BCUT2D eigenvalue weighted by molar-refractivity contribution is 0.271. The van der Waals surface area contributed by atoms with Crippen LogP contribution in [-0.4, -0.2) is 6.61 Å². The number of fused-ring (bicyclic) bond motifs is 1. The van der Waals surface area contributed by atoms with Gasteiger partial charge < -0.3 is 14.5 Å².